The summed E-state index contributed by atoms with van der Waals surface area (Å²) >= 11 is 0. The number of hydrogen-bond donors (Lipinski definition) is 0. The number of nitrogens with zero attached hydrogens (tertiary/aromatic N) is 1. The second-order valence-corrected chi connectivity index (χ2v) is 6.59. The average Bonchev–Trinajstić information content (AvgIpc) is 2.65. The zero-order chi connectivity index (χ0) is 18.4. The minimum Gasteiger partial charge on any atom is -0.489 e. The molecule has 0 aromatic heterocycles. The Balaban J connectivity index is 1.46. The van der Waals surface area contributed by atoms with Crippen LogP contribution >= 0.6 is 0 Å². The Morgan fingerprint density at radius 2 is 1.54 bits per heavy atom. The van der Waals surface area contributed by atoms with Crippen molar-refractivity contribution >= 4 is 5.91 Å². The summed E-state index contributed by atoms with van der Waals surface area (Å²) < 4.78 is 17.0. The highest BCUT2D eigenvalue weighted by molar-refractivity contribution is 5.78. The number of benzene rings is 2. The maximum Gasteiger partial charge on any atom is 0.260 e. The van der Waals surface area contributed by atoms with Gasteiger partial charge in [0.05, 0.1) is 12.2 Å². The molecule has 5 nitrogen and oxygen atoms in total. The van der Waals surface area contributed by atoms with E-state index in [0.29, 0.717) is 25.4 Å². The van der Waals surface area contributed by atoms with Gasteiger partial charge in [0.15, 0.2) is 6.61 Å². The molecule has 2 unspecified atom stereocenters. The van der Waals surface area contributed by atoms with Crippen LogP contribution in [0.3, 0.4) is 0 Å². The van der Waals surface area contributed by atoms with E-state index in [1.165, 1.54) is 0 Å². The number of carbonyl (C=O) groups is 1. The molecule has 0 aliphatic carbocycles. The van der Waals surface area contributed by atoms with Gasteiger partial charge in [-0.15, -0.1) is 0 Å². The Kier molecular flexibility index (Phi) is 6.12. The fourth-order valence-electron chi connectivity index (χ4n) is 2.99. The predicted molar refractivity (Wildman–Crippen MR) is 99.3 cm³/mol. The van der Waals surface area contributed by atoms with Crippen molar-refractivity contribution in [1.82, 2.24) is 4.90 Å². The smallest absolute Gasteiger partial charge is 0.260 e. The Bertz CT molecular complexity index is 692. The van der Waals surface area contributed by atoms with E-state index in [-0.39, 0.29) is 24.7 Å². The first-order valence-corrected chi connectivity index (χ1v) is 8.93. The average molecular weight is 355 g/mol. The molecule has 5 heteroatoms. The molecule has 1 aliphatic rings. The highest BCUT2D eigenvalue weighted by Crippen LogP contribution is 2.19. The van der Waals surface area contributed by atoms with Crippen LogP contribution in [0.25, 0.3) is 0 Å². The van der Waals surface area contributed by atoms with Gasteiger partial charge in [-0.25, -0.2) is 0 Å². The molecule has 138 valence electrons. The molecule has 1 fully saturated rings. The van der Waals surface area contributed by atoms with Crippen molar-refractivity contribution in [1.29, 1.82) is 0 Å². The van der Waals surface area contributed by atoms with Crippen molar-refractivity contribution < 1.29 is 19.0 Å². The summed E-state index contributed by atoms with van der Waals surface area (Å²) in [7, 11) is 0. The third kappa shape index (κ3) is 5.23. The molecule has 1 aliphatic heterocycles. The van der Waals surface area contributed by atoms with Crippen LogP contribution in [-0.4, -0.2) is 42.7 Å². The van der Waals surface area contributed by atoms with Crippen molar-refractivity contribution in [3.8, 4) is 11.5 Å². The summed E-state index contributed by atoms with van der Waals surface area (Å²) in [4.78, 5) is 14.1. The molecule has 0 N–H and O–H groups in total. The van der Waals surface area contributed by atoms with Crippen LogP contribution in [0.1, 0.15) is 19.4 Å². The summed E-state index contributed by atoms with van der Waals surface area (Å²) in [5.74, 6) is 1.40. The molecule has 3 rings (SSSR count). The number of carbonyl (C=O) groups excluding carboxylic acids is 1. The van der Waals surface area contributed by atoms with E-state index in [0.717, 1.165) is 11.3 Å². The molecule has 0 spiro atoms. The van der Waals surface area contributed by atoms with Gasteiger partial charge >= 0.3 is 0 Å². The summed E-state index contributed by atoms with van der Waals surface area (Å²) in [6.07, 6.45) is 0.118. The highest BCUT2D eigenvalue weighted by Gasteiger charge is 2.25. The summed E-state index contributed by atoms with van der Waals surface area (Å²) in [6.45, 7) is 5.73. The lowest BCUT2D eigenvalue weighted by Gasteiger charge is -2.35. The zero-order valence-corrected chi connectivity index (χ0v) is 15.3. The van der Waals surface area contributed by atoms with E-state index in [4.69, 9.17) is 14.2 Å². The van der Waals surface area contributed by atoms with E-state index in [2.05, 4.69) is 0 Å². The Labute approximate surface area is 154 Å². The second-order valence-electron chi connectivity index (χ2n) is 6.59. The van der Waals surface area contributed by atoms with Crippen LogP contribution < -0.4 is 9.47 Å². The first-order valence-electron chi connectivity index (χ1n) is 8.93. The van der Waals surface area contributed by atoms with E-state index in [1.807, 2.05) is 68.4 Å². The van der Waals surface area contributed by atoms with Crippen molar-refractivity contribution in [2.75, 3.05) is 19.7 Å². The molecule has 1 amide bonds. The first-order chi connectivity index (χ1) is 12.6. The lowest BCUT2D eigenvalue weighted by molar-refractivity contribution is -0.145. The minimum atomic E-state index is -0.0172. The van der Waals surface area contributed by atoms with Crippen LogP contribution in [-0.2, 0) is 16.1 Å². The van der Waals surface area contributed by atoms with Gasteiger partial charge in [-0.3, -0.25) is 4.79 Å². The number of amides is 1. The SMILES string of the molecule is CC1CN(C(=O)COc2ccc(OCc3ccccc3)cc2)CC(C)O1. The van der Waals surface area contributed by atoms with Crippen molar-refractivity contribution in [2.45, 2.75) is 32.7 Å². The fourth-order valence-corrected chi connectivity index (χ4v) is 2.99. The van der Waals surface area contributed by atoms with Crippen LogP contribution in [0.2, 0.25) is 0 Å². The number of ether oxygens (including phenoxy) is 3. The topological polar surface area (TPSA) is 48.0 Å². The quantitative estimate of drug-likeness (QED) is 0.798. The molecule has 0 saturated carbocycles. The lowest BCUT2D eigenvalue weighted by atomic mass is 10.2. The monoisotopic (exact) mass is 355 g/mol. The normalized spacial score (nSPS) is 19.8. The Hall–Kier alpha value is -2.53. The summed E-state index contributed by atoms with van der Waals surface area (Å²) in [6, 6.07) is 17.3. The number of morpholine rings is 1. The molecular formula is C21H25NO4. The number of hydrogen-bond acceptors (Lipinski definition) is 4. The van der Waals surface area contributed by atoms with Gasteiger partial charge in [0.25, 0.3) is 5.91 Å². The number of rotatable bonds is 6. The van der Waals surface area contributed by atoms with Crippen LogP contribution in [0.5, 0.6) is 11.5 Å². The van der Waals surface area contributed by atoms with Gasteiger partial charge in [-0.1, -0.05) is 30.3 Å². The standard InChI is InChI=1S/C21H25NO4/c1-16-12-22(13-17(2)26-16)21(23)15-25-20-10-8-19(9-11-20)24-14-18-6-4-3-5-7-18/h3-11,16-17H,12-15H2,1-2H3. The third-order valence-electron chi connectivity index (χ3n) is 4.21. The largest absolute Gasteiger partial charge is 0.489 e. The van der Waals surface area contributed by atoms with Gasteiger partial charge in [0.1, 0.15) is 18.1 Å². The molecule has 2 aromatic rings. The van der Waals surface area contributed by atoms with Gasteiger partial charge in [0.2, 0.25) is 0 Å². The fraction of sp³-hybridized carbons (Fsp3) is 0.381. The van der Waals surface area contributed by atoms with Gasteiger partial charge in [-0.2, -0.15) is 0 Å². The van der Waals surface area contributed by atoms with E-state index in [9.17, 15) is 4.79 Å². The molecular weight excluding hydrogens is 330 g/mol. The lowest BCUT2D eigenvalue weighted by Crippen LogP contribution is -2.49. The summed E-state index contributed by atoms with van der Waals surface area (Å²) in [5.41, 5.74) is 1.12. The van der Waals surface area contributed by atoms with Crippen molar-refractivity contribution in [2.24, 2.45) is 0 Å². The van der Waals surface area contributed by atoms with Gasteiger partial charge < -0.3 is 19.1 Å². The van der Waals surface area contributed by atoms with Crippen molar-refractivity contribution in [3.63, 3.8) is 0 Å². The van der Waals surface area contributed by atoms with Crippen LogP contribution in [0.4, 0.5) is 0 Å². The maximum atomic E-state index is 12.3. The Morgan fingerprint density at radius 3 is 2.15 bits per heavy atom. The predicted octanol–water partition coefficient (Wildman–Crippen LogP) is 3.28. The summed E-state index contributed by atoms with van der Waals surface area (Å²) in [5, 5.41) is 0. The maximum absolute atomic E-state index is 12.3. The van der Waals surface area contributed by atoms with Crippen LogP contribution in [0.15, 0.2) is 54.6 Å². The second kappa shape index (κ2) is 8.72. The van der Waals surface area contributed by atoms with Gasteiger partial charge in [0, 0.05) is 13.1 Å². The van der Waals surface area contributed by atoms with E-state index >= 15 is 0 Å². The zero-order valence-electron chi connectivity index (χ0n) is 15.3. The first kappa shape index (κ1) is 18.3. The highest BCUT2D eigenvalue weighted by atomic mass is 16.5. The molecule has 1 heterocycles. The molecule has 1 saturated heterocycles. The third-order valence-corrected chi connectivity index (χ3v) is 4.21. The molecule has 2 atom stereocenters. The molecule has 2 aromatic carbocycles. The molecule has 0 bridgehead atoms. The van der Waals surface area contributed by atoms with Crippen molar-refractivity contribution in [3.05, 3.63) is 60.2 Å². The van der Waals surface area contributed by atoms with E-state index < -0.39 is 0 Å². The van der Waals surface area contributed by atoms with Crippen LogP contribution in [0, 0.1) is 0 Å². The van der Waals surface area contributed by atoms with E-state index in [1.54, 1.807) is 4.90 Å². The molecule has 26 heavy (non-hydrogen) atoms. The Morgan fingerprint density at radius 1 is 0.962 bits per heavy atom. The molecule has 0 radical (unpaired) electrons. The van der Waals surface area contributed by atoms with Gasteiger partial charge in [-0.05, 0) is 43.7 Å². The minimum absolute atomic E-state index is 0.0172.